The van der Waals surface area contributed by atoms with Gasteiger partial charge in [-0.05, 0) is 85.8 Å². The normalized spacial score (nSPS) is 18.2. The molecule has 180 valence electrons. The van der Waals surface area contributed by atoms with Gasteiger partial charge in [0.1, 0.15) is 28.7 Å². The van der Waals surface area contributed by atoms with Gasteiger partial charge in [0.15, 0.2) is 0 Å². The van der Waals surface area contributed by atoms with Crippen molar-refractivity contribution in [2.75, 3.05) is 0 Å². The van der Waals surface area contributed by atoms with E-state index in [2.05, 4.69) is 37.9 Å². The summed E-state index contributed by atoms with van der Waals surface area (Å²) >= 11 is 6.96. The molecule has 0 fully saturated rings. The molecule has 0 spiro atoms. The van der Waals surface area contributed by atoms with Gasteiger partial charge in [0.25, 0.3) is 0 Å². The van der Waals surface area contributed by atoms with Crippen LogP contribution in [0, 0.1) is 6.92 Å². The van der Waals surface area contributed by atoms with Crippen LogP contribution in [0.5, 0.6) is 11.5 Å². The van der Waals surface area contributed by atoms with Crippen molar-refractivity contribution in [2.24, 2.45) is 5.10 Å². The summed E-state index contributed by atoms with van der Waals surface area (Å²) in [6.45, 7) is 1.93. The molecule has 0 radical (unpaired) electrons. The number of carbonyl (C=O) groups is 1. The lowest BCUT2D eigenvalue weighted by Crippen LogP contribution is -2.33. The lowest BCUT2D eigenvalue weighted by molar-refractivity contribution is -0.0191. The zero-order valence-electron chi connectivity index (χ0n) is 19.2. The highest BCUT2D eigenvalue weighted by molar-refractivity contribution is 9.10. The van der Waals surface area contributed by atoms with E-state index in [4.69, 9.17) is 19.0 Å². The molecule has 0 aliphatic carbocycles. The second-order valence-electron chi connectivity index (χ2n) is 8.67. The molecule has 2 atom stereocenters. The number of aryl methyl sites for hydroxylation is 1. The van der Waals surface area contributed by atoms with Gasteiger partial charge < -0.3 is 13.9 Å². The minimum atomic E-state index is -0.437. The Balaban J connectivity index is 1.29. The molecule has 3 heterocycles. The molecule has 0 saturated carbocycles. The van der Waals surface area contributed by atoms with Crippen molar-refractivity contribution in [1.82, 2.24) is 5.01 Å². The van der Waals surface area contributed by atoms with Crippen LogP contribution in [0.2, 0.25) is 0 Å². The van der Waals surface area contributed by atoms with Gasteiger partial charge in [-0.15, -0.1) is 0 Å². The highest BCUT2D eigenvalue weighted by Crippen LogP contribution is 2.48. The maximum absolute atomic E-state index is 12.5. The minimum Gasteiger partial charge on any atom is -0.464 e. The highest BCUT2D eigenvalue weighted by Gasteiger charge is 2.41. The number of rotatable bonds is 4. The maximum atomic E-state index is 12.5. The molecule has 36 heavy (non-hydrogen) atoms. The largest absolute Gasteiger partial charge is 0.464 e. The Morgan fingerprint density at radius 2 is 1.72 bits per heavy atom. The van der Waals surface area contributed by atoms with Gasteiger partial charge >= 0.3 is 5.97 Å². The van der Waals surface area contributed by atoms with E-state index in [1.165, 1.54) is 0 Å². The second-order valence-corrected chi connectivity index (χ2v) is 10.5. The Morgan fingerprint density at radius 3 is 2.44 bits per heavy atom. The van der Waals surface area contributed by atoms with Crippen molar-refractivity contribution in [3.8, 4) is 11.5 Å². The Morgan fingerprint density at radius 1 is 0.972 bits per heavy atom. The van der Waals surface area contributed by atoms with E-state index in [0.29, 0.717) is 17.7 Å². The number of carbonyl (C=O) groups excluding carboxylic acids is 1. The average Bonchev–Trinajstić information content (AvgIpc) is 3.51. The molecule has 6 nitrogen and oxygen atoms in total. The molecule has 0 N–H and O–H groups in total. The van der Waals surface area contributed by atoms with Gasteiger partial charge in [-0.25, -0.2) is 9.80 Å². The van der Waals surface area contributed by atoms with Gasteiger partial charge in [0.2, 0.25) is 6.23 Å². The van der Waals surface area contributed by atoms with Crippen LogP contribution < -0.4 is 9.47 Å². The number of benzene rings is 3. The number of hydrazone groups is 1. The van der Waals surface area contributed by atoms with E-state index < -0.39 is 12.2 Å². The Bertz CT molecular complexity index is 1480. The van der Waals surface area contributed by atoms with Crippen molar-refractivity contribution < 1.29 is 18.7 Å². The number of hydrogen-bond donors (Lipinski definition) is 0. The van der Waals surface area contributed by atoms with Crippen LogP contribution in [-0.4, -0.2) is 16.7 Å². The fourth-order valence-corrected chi connectivity index (χ4v) is 5.11. The first kappa shape index (κ1) is 23.1. The van der Waals surface area contributed by atoms with Crippen LogP contribution >= 0.6 is 31.9 Å². The molecule has 6 rings (SSSR count). The van der Waals surface area contributed by atoms with Crippen molar-refractivity contribution in [2.45, 2.75) is 25.6 Å². The van der Waals surface area contributed by atoms with E-state index in [-0.39, 0.29) is 6.04 Å². The van der Waals surface area contributed by atoms with Gasteiger partial charge in [-0.2, -0.15) is 5.10 Å². The fourth-order valence-electron chi connectivity index (χ4n) is 4.47. The molecule has 3 aromatic carbocycles. The number of furan rings is 1. The summed E-state index contributed by atoms with van der Waals surface area (Å²) in [5.74, 6) is 2.49. The summed E-state index contributed by atoms with van der Waals surface area (Å²) < 4.78 is 19.7. The van der Waals surface area contributed by atoms with E-state index >= 15 is 0 Å². The van der Waals surface area contributed by atoms with E-state index in [1.807, 2.05) is 60.5 Å². The number of esters is 1. The summed E-state index contributed by atoms with van der Waals surface area (Å²) in [5.41, 5.74) is 3.34. The molecular formula is C28H20Br2N2O4. The molecule has 0 amide bonds. The van der Waals surface area contributed by atoms with Crippen LogP contribution in [0.25, 0.3) is 0 Å². The standard InChI is InChI=1S/C28H20Br2N2O4/c1-16-2-12-26(34-16)23-15-24-22-14-20(30)9-13-25(22)36-27(32(24)31-23)17-5-10-21(11-6-17)35-28(33)18-3-7-19(29)8-4-18/h2-14,24,27H,15H2,1H3/t24-,27+/m1/s1. The minimum absolute atomic E-state index is 0.00608. The summed E-state index contributed by atoms with van der Waals surface area (Å²) in [5, 5.41) is 6.92. The first-order valence-electron chi connectivity index (χ1n) is 11.4. The van der Waals surface area contributed by atoms with Crippen molar-refractivity contribution >= 4 is 43.5 Å². The zero-order valence-corrected chi connectivity index (χ0v) is 22.3. The fraction of sp³-hybridized carbons (Fsp3) is 0.143. The second kappa shape index (κ2) is 9.26. The lowest BCUT2D eigenvalue weighted by Gasteiger charge is -2.38. The Hall–Kier alpha value is -3.36. The monoisotopic (exact) mass is 606 g/mol. The Labute approximate surface area is 224 Å². The highest BCUT2D eigenvalue weighted by atomic mass is 79.9. The number of fused-ring (bicyclic) bond motifs is 3. The quantitative estimate of drug-likeness (QED) is 0.177. The van der Waals surface area contributed by atoms with E-state index in [9.17, 15) is 4.79 Å². The van der Waals surface area contributed by atoms with Gasteiger partial charge in [0.05, 0.1) is 11.6 Å². The zero-order chi connectivity index (χ0) is 24.8. The first-order chi connectivity index (χ1) is 17.4. The summed E-state index contributed by atoms with van der Waals surface area (Å²) in [6, 6.07) is 24.4. The molecule has 0 saturated heterocycles. The van der Waals surface area contributed by atoms with Gasteiger partial charge in [0, 0.05) is 26.5 Å². The lowest BCUT2D eigenvalue weighted by atomic mass is 9.97. The van der Waals surface area contributed by atoms with Gasteiger partial charge in [-0.3, -0.25) is 0 Å². The number of halogens is 2. The number of hydrogen-bond acceptors (Lipinski definition) is 6. The van der Waals surface area contributed by atoms with Crippen LogP contribution in [0.1, 0.15) is 51.7 Å². The molecule has 4 aromatic rings. The predicted molar refractivity (Wildman–Crippen MR) is 142 cm³/mol. The molecular weight excluding hydrogens is 588 g/mol. The van der Waals surface area contributed by atoms with Gasteiger partial charge in [-0.1, -0.05) is 31.9 Å². The van der Waals surface area contributed by atoms with Crippen LogP contribution in [0.3, 0.4) is 0 Å². The van der Waals surface area contributed by atoms with Crippen LogP contribution in [0.4, 0.5) is 0 Å². The molecule has 0 bridgehead atoms. The predicted octanol–water partition coefficient (Wildman–Crippen LogP) is 7.57. The van der Waals surface area contributed by atoms with E-state index in [0.717, 1.165) is 43.1 Å². The average molecular weight is 608 g/mol. The third-order valence-corrected chi connectivity index (χ3v) is 7.25. The number of ether oxygens (including phenoxy) is 2. The molecule has 1 aromatic heterocycles. The van der Waals surface area contributed by atoms with E-state index in [1.54, 1.807) is 24.3 Å². The molecule has 8 heteroatoms. The first-order valence-corrected chi connectivity index (χ1v) is 13.0. The van der Waals surface area contributed by atoms with Crippen LogP contribution in [-0.2, 0) is 0 Å². The SMILES string of the molecule is Cc1ccc(C2=NN3[C@H](C2)c2cc(Br)ccc2O[C@H]3c2ccc(OC(=O)c3ccc(Br)cc3)cc2)o1. The molecule has 2 aliphatic heterocycles. The van der Waals surface area contributed by atoms with Crippen molar-refractivity contribution in [3.63, 3.8) is 0 Å². The third kappa shape index (κ3) is 4.35. The molecule has 2 aliphatic rings. The smallest absolute Gasteiger partial charge is 0.343 e. The van der Waals surface area contributed by atoms with Crippen LogP contribution in [0.15, 0.2) is 97.3 Å². The van der Waals surface area contributed by atoms with Crippen molar-refractivity contribution in [1.29, 1.82) is 0 Å². The third-order valence-electron chi connectivity index (χ3n) is 6.23. The maximum Gasteiger partial charge on any atom is 0.343 e. The summed E-state index contributed by atoms with van der Waals surface area (Å²) in [7, 11) is 0. The molecule has 0 unspecified atom stereocenters. The Kier molecular flexibility index (Phi) is 5.93. The van der Waals surface area contributed by atoms with Crippen molar-refractivity contribution in [3.05, 3.63) is 116 Å². The topological polar surface area (TPSA) is 64.3 Å². The summed E-state index contributed by atoms with van der Waals surface area (Å²) in [6.07, 6.45) is 0.271. The number of nitrogens with zero attached hydrogens (tertiary/aromatic N) is 2. The summed E-state index contributed by atoms with van der Waals surface area (Å²) in [4.78, 5) is 12.5.